The summed E-state index contributed by atoms with van der Waals surface area (Å²) in [6.45, 7) is 3.33. The van der Waals surface area contributed by atoms with Gasteiger partial charge < -0.3 is 10.0 Å². The standard InChI is InChI=1S/C11H15N3OS/c1-8-3-2-4-13(8)10-9(7-15)14-5-6-16-11(14)12-10/h5-6,8,15H,2-4,7H2,1H3. The number of hydrogen-bond acceptors (Lipinski definition) is 4. The molecule has 0 bridgehead atoms. The van der Waals surface area contributed by atoms with Crippen molar-refractivity contribution in [1.29, 1.82) is 0 Å². The second-order valence-electron chi connectivity index (χ2n) is 4.28. The molecule has 0 aromatic carbocycles. The largest absolute Gasteiger partial charge is 0.390 e. The van der Waals surface area contributed by atoms with E-state index in [0.29, 0.717) is 6.04 Å². The van der Waals surface area contributed by atoms with E-state index < -0.39 is 0 Å². The summed E-state index contributed by atoms with van der Waals surface area (Å²) in [7, 11) is 0. The molecule has 0 radical (unpaired) electrons. The van der Waals surface area contributed by atoms with Crippen LogP contribution in [0.5, 0.6) is 0 Å². The Morgan fingerprint density at radius 3 is 3.19 bits per heavy atom. The van der Waals surface area contributed by atoms with Gasteiger partial charge in [0.2, 0.25) is 0 Å². The van der Waals surface area contributed by atoms with Gasteiger partial charge in [0.25, 0.3) is 0 Å². The molecule has 2 aromatic heterocycles. The minimum atomic E-state index is 0.0520. The summed E-state index contributed by atoms with van der Waals surface area (Å²) in [6, 6.07) is 0.537. The third-order valence-electron chi connectivity index (χ3n) is 3.31. The van der Waals surface area contributed by atoms with Gasteiger partial charge in [-0.15, -0.1) is 11.3 Å². The normalized spacial score (nSPS) is 21.1. The molecule has 4 nitrogen and oxygen atoms in total. The zero-order chi connectivity index (χ0) is 11.1. The summed E-state index contributed by atoms with van der Waals surface area (Å²) in [5, 5.41) is 11.5. The quantitative estimate of drug-likeness (QED) is 0.867. The SMILES string of the molecule is CC1CCCN1c1nc2sccn2c1CO. The molecule has 3 heterocycles. The summed E-state index contributed by atoms with van der Waals surface area (Å²) in [5.74, 6) is 0.972. The molecule has 86 valence electrons. The predicted octanol–water partition coefficient (Wildman–Crippen LogP) is 1.88. The highest BCUT2D eigenvalue weighted by molar-refractivity contribution is 7.15. The minimum absolute atomic E-state index is 0.0520. The first-order chi connectivity index (χ1) is 7.81. The van der Waals surface area contributed by atoms with Crippen LogP contribution in [0.15, 0.2) is 11.6 Å². The van der Waals surface area contributed by atoms with Gasteiger partial charge in [0.15, 0.2) is 10.8 Å². The zero-order valence-electron chi connectivity index (χ0n) is 9.26. The number of imidazole rings is 1. The first-order valence-electron chi connectivity index (χ1n) is 5.63. The highest BCUT2D eigenvalue weighted by Crippen LogP contribution is 2.30. The van der Waals surface area contributed by atoms with E-state index in [1.165, 1.54) is 12.8 Å². The van der Waals surface area contributed by atoms with Crippen molar-refractivity contribution in [3.63, 3.8) is 0 Å². The molecular weight excluding hydrogens is 222 g/mol. The van der Waals surface area contributed by atoms with Crippen LogP contribution in [-0.4, -0.2) is 27.1 Å². The lowest BCUT2D eigenvalue weighted by Crippen LogP contribution is -2.27. The maximum absolute atomic E-state index is 9.49. The van der Waals surface area contributed by atoms with Crippen molar-refractivity contribution in [2.75, 3.05) is 11.4 Å². The second kappa shape index (κ2) is 3.75. The van der Waals surface area contributed by atoms with Crippen molar-refractivity contribution in [2.45, 2.75) is 32.4 Å². The van der Waals surface area contributed by atoms with E-state index in [9.17, 15) is 5.11 Å². The van der Waals surface area contributed by atoms with E-state index in [-0.39, 0.29) is 6.61 Å². The van der Waals surface area contributed by atoms with Crippen molar-refractivity contribution in [3.05, 3.63) is 17.3 Å². The Morgan fingerprint density at radius 1 is 1.62 bits per heavy atom. The number of anilines is 1. The number of rotatable bonds is 2. The zero-order valence-corrected chi connectivity index (χ0v) is 10.1. The van der Waals surface area contributed by atoms with Crippen LogP contribution >= 0.6 is 11.3 Å². The van der Waals surface area contributed by atoms with Gasteiger partial charge in [-0.25, -0.2) is 4.98 Å². The molecule has 16 heavy (non-hydrogen) atoms. The van der Waals surface area contributed by atoms with Crippen LogP contribution in [0.2, 0.25) is 0 Å². The molecule has 0 saturated carbocycles. The fourth-order valence-electron chi connectivity index (χ4n) is 2.45. The maximum Gasteiger partial charge on any atom is 0.195 e. The van der Waals surface area contributed by atoms with Crippen molar-refractivity contribution < 1.29 is 5.11 Å². The van der Waals surface area contributed by atoms with Crippen molar-refractivity contribution in [1.82, 2.24) is 9.38 Å². The van der Waals surface area contributed by atoms with Crippen LogP contribution in [0.1, 0.15) is 25.5 Å². The lowest BCUT2D eigenvalue weighted by Gasteiger charge is -2.22. The molecule has 5 heteroatoms. The fraction of sp³-hybridized carbons (Fsp3) is 0.545. The summed E-state index contributed by atoms with van der Waals surface area (Å²) >= 11 is 1.61. The van der Waals surface area contributed by atoms with Crippen LogP contribution < -0.4 is 4.90 Å². The number of aliphatic hydroxyl groups is 1. The van der Waals surface area contributed by atoms with Gasteiger partial charge in [-0.05, 0) is 19.8 Å². The third kappa shape index (κ3) is 1.35. The van der Waals surface area contributed by atoms with E-state index in [1.54, 1.807) is 11.3 Å². The van der Waals surface area contributed by atoms with Crippen molar-refractivity contribution in [3.8, 4) is 0 Å². The fourth-order valence-corrected chi connectivity index (χ4v) is 3.17. The molecule has 0 spiro atoms. The number of nitrogens with zero attached hydrogens (tertiary/aromatic N) is 3. The van der Waals surface area contributed by atoms with E-state index >= 15 is 0 Å². The van der Waals surface area contributed by atoms with E-state index in [0.717, 1.165) is 23.0 Å². The van der Waals surface area contributed by atoms with Crippen LogP contribution in [0.25, 0.3) is 4.96 Å². The average Bonchev–Trinajstić information content (AvgIpc) is 2.90. The van der Waals surface area contributed by atoms with Gasteiger partial charge in [-0.2, -0.15) is 0 Å². The Morgan fingerprint density at radius 2 is 2.50 bits per heavy atom. The number of aromatic nitrogens is 2. The highest BCUT2D eigenvalue weighted by Gasteiger charge is 2.26. The van der Waals surface area contributed by atoms with Crippen LogP contribution in [0, 0.1) is 0 Å². The van der Waals surface area contributed by atoms with Crippen molar-refractivity contribution >= 4 is 22.1 Å². The Hall–Kier alpha value is -1.07. The Balaban J connectivity index is 2.11. The lowest BCUT2D eigenvalue weighted by atomic mass is 10.2. The first kappa shape index (κ1) is 10.1. The monoisotopic (exact) mass is 237 g/mol. The molecule has 1 fully saturated rings. The van der Waals surface area contributed by atoms with Crippen LogP contribution in [0.4, 0.5) is 5.82 Å². The van der Waals surface area contributed by atoms with Gasteiger partial charge in [0, 0.05) is 24.2 Å². The number of hydrogen-bond donors (Lipinski definition) is 1. The Bertz CT molecular complexity index is 504. The molecule has 2 aromatic rings. The topological polar surface area (TPSA) is 40.8 Å². The third-order valence-corrected chi connectivity index (χ3v) is 4.07. The number of fused-ring (bicyclic) bond motifs is 1. The number of aliphatic hydroxyl groups excluding tert-OH is 1. The molecule has 0 amide bonds. The smallest absolute Gasteiger partial charge is 0.195 e. The molecule has 1 atom stereocenters. The summed E-state index contributed by atoms with van der Waals surface area (Å²) < 4.78 is 1.99. The summed E-state index contributed by atoms with van der Waals surface area (Å²) in [6.07, 6.45) is 4.41. The molecule has 1 unspecified atom stereocenters. The summed E-state index contributed by atoms with van der Waals surface area (Å²) in [4.78, 5) is 7.90. The highest BCUT2D eigenvalue weighted by atomic mass is 32.1. The number of thiazole rings is 1. The molecule has 1 saturated heterocycles. The van der Waals surface area contributed by atoms with E-state index in [4.69, 9.17) is 0 Å². The predicted molar refractivity (Wildman–Crippen MR) is 65.0 cm³/mol. The van der Waals surface area contributed by atoms with Gasteiger partial charge in [-0.3, -0.25) is 4.40 Å². The molecule has 3 rings (SSSR count). The van der Waals surface area contributed by atoms with Crippen molar-refractivity contribution in [2.24, 2.45) is 0 Å². The molecule has 1 aliphatic heterocycles. The van der Waals surface area contributed by atoms with Crippen LogP contribution in [-0.2, 0) is 6.61 Å². The Labute approximate surface area is 98.1 Å². The van der Waals surface area contributed by atoms with E-state index in [2.05, 4.69) is 16.8 Å². The van der Waals surface area contributed by atoms with Gasteiger partial charge in [0.05, 0.1) is 12.3 Å². The van der Waals surface area contributed by atoms with Gasteiger partial charge in [-0.1, -0.05) is 0 Å². The Kier molecular flexibility index (Phi) is 2.37. The minimum Gasteiger partial charge on any atom is -0.390 e. The van der Waals surface area contributed by atoms with E-state index in [1.807, 2.05) is 16.0 Å². The second-order valence-corrected chi connectivity index (χ2v) is 5.15. The lowest BCUT2D eigenvalue weighted by molar-refractivity contribution is 0.276. The molecule has 1 N–H and O–H groups in total. The van der Waals surface area contributed by atoms with Gasteiger partial charge >= 0.3 is 0 Å². The molecule has 0 aliphatic carbocycles. The molecule has 1 aliphatic rings. The van der Waals surface area contributed by atoms with Crippen LogP contribution in [0.3, 0.4) is 0 Å². The maximum atomic E-state index is 9.49. The average molecular weight is 237 g/mol. The summed E-state index contributed by atoms with van der Waals surface area (Å²) in [5.41, 5.74) is 0.921. The molecular formula is C11H15N3OS. The van der Waals surface area contributed by atoms with Gasteiger partial charge in [0.1, 0.15) is 0 Å². The first-order valence-corrected chi connectivity index (χ1v) is 6.51.